The molecule has 122 valence electrons. The minimum atomic E-state index is -0.441. The van der Waals surface area contributed by atoms with Crippen molar-refractivity contribution in [1.82, 2.24) is 15.1 Å². The third-order valence-electron chi connectivity index (χ3n) is 4.25. The van der Waals surface area contributed by atoms with Crippen molar-refractivity contribution in [3.8, 4) is 0 Å². The molecule has 1 N–H and O–H groups in total. The number of hydrogen-bond acceptors (Lipinski definition) is 4. The van der Waals surface area contributed by atoms with Crippen molar-refractivity contribution >= 4 is 18.3 Å². The molecule has 2 unspecified atom stereocenters. The highest BCUT2D eigenvalue weighted by Crippen LogP contribution is 2.24. The largest absolute Gasteiger partial charge is 0.347 e. The van der Waals surface area contributed by atoms with E-state index in [0.717, 1.165) is 18.5 Å². The van der Waals surface area contributed by atoms with Gasteiger partial charge in [-0.3, -0.25) is 15.0 Å². The number of benzene rings is 1. The van der Waals surface area contributed by atoms with Crippen LogP contribution in [0.25, 0.3) is 0 Å². The van der Waals surface area contributed by atoms with Gasteiger partial charge in [0.25, 0.3) is 5.91 Å². The van der Waals surface area contributed by atoms with E-state index in [-0.39, 0.29) is 11.9 Å². The number of urea groups is 1. The fourth-order valence-corrected chi connectivity index (χ4v) is 2.94. The lowest BCUT2D eigenvalue weighted by Gasteiger charge is -2.38. The van der Waals surface area contributed by atoms with Gasteiger partial charge in [0.05, 0.1) is 6.34 Å². The Morgan fingerprint density at radius 2 is 1.96 bits per heavy atom. The molecule has 23 heavy (non-hydrogen) atoms. The predicted octanol–water partition coefficient (Wildman–Crippen LogP) is 1.82. The van der Waals surface area contributed by atoms with Gasteiger partial charge in [0.15, 0.2) is 12.2 Å². The molecule has 1 aromatic carbocycles. The molecule has 6 nitrogen and oxygen atoms in total. The topological polar surface area (TPSA) is 65.0 Å². The molecule has 1 saturated heterocycles. The summed E-state index contributed by atoms with van der Waals surface area (Å²) in [5, 5.41) is 2.47. The van der Waals surface area contributed by atoms with Gasteiger partial charge in [0, 0.05) is 13.1 Å². The van der Waals surface area contributed by atoms with Crippen molar-refractivity contribution in [2.24, 2.45) is 10.9 Å². The zero-order valence-electron chi connectivity index (χ0n) is 13.5. The SMILES string of the molecule is CC(C)CCN1C=NC2C1C(=O)NC(=O)N2Cc1ccccc1. The molecular formula is C17H22N4O2. The normalized spacial score (nSPS) is 23.4. The first-order valence-corrected chi connectivity index (χ1v) is 8.00. The van der Waals surface area contributed by atoms with Crippen LogP contribution in [0.5, 0.6) is 0 Å². The van der Waals surface area contributed by atoms with Crippen LogP contribution >= 0.6 is 0 Å². The summed E-state index contributed by atoms with van der Waals surface area (Å²) in [5.74, 6) is 0.293. The molecule has 0 aromatic heterocycles. The maximum atomic E-state index is 12.3. The van der Waals surface area contributed by atoms with Gasteiger partial charge in [-0.15, -0.1) is 0 Å². The fourth-order valence-electron chi connectivity index (χ4n) is 2.94. The third-order valence-corrected chi connectivity index (χ3v) is 4.25. The number of carbonyl (C=O) groups excluding carboxylic acids is 2. The van der Waals surface area contributed by atoms with Crippen molar-refractivity contribution in [3.05, 3.63) is 35.9 Å². The Morgan fingerprint density at radius 1 is 1.22 bits per heavy atom. The molecule has 1 fully saturated rings. The van der Waals surface area contributed by atoms with E-state index in [1.807, 2.05) is 35.2 Å². The summed E-state index contributed by atoms with van der Waals surface area (Å²) in [6.07, 6.45) is 2.26. The van der Waals surface area contributed by atoms with Crippen LogP contribution in [-0.2, 0) is 11.3 Å². The van der Waals surface area contributed by atoms with E-state index in [4.69, 9.17) is 0 Å². The van der Waals surface area contributed by atoms with Crippen LogP contribution in [0.1, 0.15) is 25.8 Å². The summed E-state index contributed by atoms with van der Waals surface area (Å²) >= 11 is 0. The summed E-state index contributed by atoms with van der Waals surface area (Å²) in [4.78, 5) is 32.5. The van der Waals surface area contributed by atoms with E-state index in [9.17, 15) is 9.59 Å². The lowest BCUT2D eigenvalue weighted by atomic mass is 10.1. The lowest BCUT2D eigenvalue weighted by Crippen LogP contribution is -2.64. The zero-order chi connectivity index (χ0) is 16.4. The highest BCUT2D eigenvalue weighted by atomic mass is 16.2. The Bertz CT molecular complexity index is 614. The van der Waals surface area contributed by atoms with Gasteiger partial charge in [0.1, 0.15) is 0 Å². The van der Waals surface area contributed by atoms with Crippen LogP contribution in [-0.4, -0.2) is 46.8 Å². The predicted molar refractivity (Wildman–Crippen MR) is 87.8 cm³/mol. The number of nitrogens with zero attached hydrogens (tertiary/aromatic N) is 3. The average Bonchev–Trinajstić information content (AvgIpc) is 2.95. The van der Waals surface area contributed by atoms with Crippen molar-refractivity contribution in [2.75, 3.05) is 6.54 Å². The molecule has 2 aliphatic rings. The molecular weight excluding hydrogens is 292 g/mol. The number of rotatable bonds is 5. The Labute approximate surface area is 136 Å². The average molecular weight is 314 g/mol. The number of fused-ring (bicyclic) bond motifs is 1. The molecule has 2 aliphatic heterocycles. The number of amides is 3. The second-order valence-electron chi connectivity index (χ2n) is 6.45. The number of nitrogens with one attached hydrogen (secondary N) is 1. The molecule has 3 rings (SSSR count). The van der Waals surface area contributed by atoms with Crippen LogP contribution in [0.2, 0.25) is 0 Å². The summed E-state index contributed by atoms with van der Waals surface area (Å²) in [5.41, 5.74) is 1.02. The van der Waals surface area contributed by atoms with Crippen LogP contribution in [0, 0.1) is 5.92 Å². The van der Waals surface area contributed by atoms with Gasteiger partial charge in [-0.2, -0.15) is 0 Å². The number of hydrogen-bond donors (Lipinski definition) is 1. The molecule has 0 saturated carbocycles. The highest BCUT2D eigenvalue weighted by molar-refractivity contribution is 6.02. The third kappa shape index (κ3) is 3.21. The molecule has 0 bridgehead atoms. The first-order valence-electron chi connectivity index (χ1n) is 8.00. The van der Waals surface area contributed by atoms with Gasteiger partial charge in [-0.1, -0.05) is 44.2 Å². The van der Waals surface area contributed by atoms with Crippen molar-refractivity contribution in [3.63, 3.8) is 0 Å². The van der Waals surface area contributed by atoms with E-state index < -0.39 is 12.2 Å². The lowest BCUT2D eigenvalue weighted by molar-refractivity contribution is -0.127. The van der Waals surface area contributed by atoms with E-state index >= 15 is 0 Å². The Morgan fingerprint density at radius 3 is 2.65 bits per heavy atom. The maximum absolute atomic E-state index is 12.3. The van der Waals surface area contributed by atoms with Gasteiger partial charge in [-0.25, -0.2) is 9.79 Å². The Balaban J connectivity index is 1.76. The number of carbonyl (C=O) groups is 2. The Kier molecular flexibility index (Phi) is 4.32. The molecule has 0 spiro atoms. The summed E-state index contributed by atoms with van der Waals surface area (Å²) in [6, 6.07) is 8.95. The van der Waals surface area contributed by atoms with Crippen molar-refractivity contribution in [1.29, 1.82) is 0 Å². The standard InChI is InChI=1S/C17H22N4O2/c1-12(2)8-9-20-11-18-15-14(20)16(22)19-17(23)21(15)10-13-6-4-3-5-7-13/h3-7,11-12,14-15H,8-10H2,1-2H3,(H,19,22,23). The second-order valence-corrected chi connectivity index (χ2v) is 6.45. The second kappa shape index (κ2) is 6.40. The maximum Gasteiger partial charge on any atom is 0.326 e. The van der Waals surface area contributed by atoms with E-state index in [1.165, 1.54) is 0 Å². The highest BCUT2D eigenvalue weighted by Gasteiger charge is 2.46. The summed E-state index contributed by atoms with van der Waals surface area (Å²) in [7, 11) is 0. The smallest absolute Gasteiger partial charge is 0.326 e. The van der Waals surface area contributed by atoms with Gasteiger partial charge in [0.2, 0.25) is 0 Å². The monoisotopic (exact) mass is 314 g/mol. The van der Waals surface area contributed by atoms with E-state index in [1.54, 1.807) is 11.2 Å². The van der Waals surface area contributed by atoms with Gasteiger partial charge >= 0.3 is 6.03 Å². The van der Waals surface area contributed by atoms with Crippen molar-refractivity contribution in [2.45, 2.75) is 39.0 Å². The zero-order valence-corrected chi connectivity index (χ0v) is 13.5. The molecule has 6 heteroatoms. The fraction of sp³-hybridized carbons (Fsp3) is 0.471. The minimum absolute atomic E-state index is 0.259. The molecule has 2 heterocycles. The van der Waals surface area contributed by atoms with Crippen molar-refractivity contribution < 1.29 is 9.59 Å². The van der Waals surface area contributed by atoms with Crippen LogP contribution in [0.4, 0.5) is 4.79 Å². The number of aliphatic imine (C=N–C) groups is 1. The number of imide groups is 1. The van der Waals surface area contributed by atoms with Gasteiger partial charge < -0.3 is 4.90 Å². The molecule has 3 amide bonds. The minimum Gasteiger partial charge on any atom is -0.347 e. The molecule has 2 atom stereocenters. The van der Waals surface area contributed by atoms with E-state index in [0.29, 0.717) is 12.5 Å². The van der Waals surface area contributed by atoms with E-state index in [2.05, 4.69) is 24.2 Å². The molecule has 0 aliphatic carbocycles. The van der Waals surface area contributed by atoms with Crippen LogP contribution in [0.15, 0.2) is 35.3 Å². The first kappa shape index (κ1) is 15.5. The van der Waals surface area contributed by atoms with Crippen LogP contribution < -0.4 is 5.32 Å². The molecule has 0 radical (unpaired) electrons. The quantitative estimate of drug-likeness (QED) is 0.901. The Hall–Kier alpha value is -2.37. The van der Waals surface area contributed by atoms with Gasteiger partial charge in [-0.05, 0) is 17.9 Å². The molecule has 1 aromatic rings. The summed E-state index contributed by atoms with van der Waals surface area (Å²) in [6.45, 7) is 5.51. The summed E-state index contributed by atoms with van der Waals surface area (Å²) < 4.78 is 0. The van der Waals surface area contributed by atoms with Crippen LogP contribution in [0.3, 0.4) is 0 Å². The first-order chi connectivity index (χ1) is 11.1.